The average molecular weight is 337 g/mol. The summed E-state index contributed by atoms with van der Waals surface area (Å²) in [6.07, 6.45) is 0.646. The van der Waals surface area contributed by atoms with Crippen molar-refractivity contribution in [2.24, 2.45) is 5.73 Å². The van der Waals surface area contributed by atoms with Gasteiger partial charge in [-0.2, -0.15) is 0 Å². The molecule has 4 rings (SSSR count). The molecule has 1 aromatic heterocycles. The van der Waals surface area contributed by atoms with Crippen LogP contribution in [-0.4, -0.2) is 28.2 Å². The monoisotopic (exact) mass is 337 g/mol. The van der Waals surface area contributed by atoms with E-state index in [1.165, 1.54) is 11.0 Å². The molecular formula is C18H15N3O4. The first-order valence-corrected chi connectivity index (χ1v) is 7.85. The summed E-state index contributed by atoms with van der Waals surface area (Å²) in [5, 5.41) is 0. The molecule has 1 aliphatic heterocycles. The minimum atomic E-state index is -0.814. The maximum absolute atomic E-state index is 13.0. The third-order valence-electron chi connectivity index (χ3n) is 4.48. The molecule has 25 heavy (non-hydrogen) atoms. The van der Waals surface area contributed by atoms with E-state index in [0.29, 0.717) is 29.6 Å². The molecule has 1 atom stereocenters. The number of H-pyrrole nitrogens is 1. The van der Waals surface area contributed by atoms with Crippen LogP contribution in [0.15, 0.2) is 51.7 Å². The van der Waals surface area contributed by atoms with Crippen LogP contribution >= 0.6 is 0 Å². The maximum Gasteiger partial charge on any atom is 0.417 e. The van der Waals surface area contributed by atoms with Crippen LogP contribution in [0.1, 0.15) is 27.5 Å². The van der Waals surface area contributed by atoms with Gasteiger partial charge in [0.25, 0.3) is 5.91 Å². The number of primary amides is 1. The van der Waals surface area contributed by atoms with Crippen LogP contribution in [0.5, 0.6) is 0 Å². The van der Waals surface area contributed by atoms with Gasteiger partial charge in [-0.05, 0) is 35.7 Å². The molecule has 0 saturated carbocycles. The lowest BCUT2D eigenvalue weighted by Gasteiger charge is -2.35. The van der Waals surface area contributed by atoms with Crippen molar-refractivity contribution < 1.29 is 14.0 Å². The normalized spacial score (nSPS) is 16.6. The van der Waals surface area contributed by atoms with Crippen molar-refractivity contribution >= 4 is 22.9 Å². The summed E-state index contributed by atoms with van der Waals surface area (Å²) in [5.74, 6) is -1.49. The van der Waals surface area contributed by atoms with E-state index in [1.807, 2.05) is 24.3 Å². The maximum atomic E-state index is 13.0. The number of oxazole rings is 1. The van der Waals surface area contributed by atoms with Crippen molar-refractivity contribution in [1.82, 2.24) is 9.88 Å². The van der Waals surface area contributed by atoms with E-state index < -0.39 is 17.7 Å². The molecular weight excluding hydrogens is 322 g/mol. The Balaban J connectivity index is 1.75. The number of aromatic nitrogens is 1. The van der Waals surface area contributed by atoms with Crippen molar-refractivity contribution in [2.75, 3.05) is 6.54 Å². The predicted octanol–water partition coefficient (Wildman–Crippen LogP) is 1.35. The third kappa shape index (κ3) is 2.50. The zero-order chi connectivity index (χ0) is 17.6. The van der Waals surface area contributed by atoms with Gasteiger partial charge in [-0.1, -0.05) is 24.3 Å². The number of aromatic amines is 1. The summed E-state index contributed by atoms with van der Waals surface area (Å²) in [4.78, 5) is 40.3. The van der Waals surface area contributed by atoms with Crippen LogP contribution in [0.25, 0.3) is 11.1 Å². The lowest BCUT2D eigenvalue weighted by Crippen LogP contribution is -2.45. The Hall–Kier alpha value is -3.35. The fourth-order valence-corrected chi connectivity index (χ4v) is 3.34. The predicted molar refractivity (Wildman–Crippen MR) is 90.0 cm³/mol. The zero-order valence-electron chi connectivity index (χ0n) is 13.2. The summed E-state index contributed by atoms with van der Waals surface area (Å²) >= 11 is 0. The van der Waals surface area contributed by atoms with E-state index >= 15 is 0 Å². The summed E-state index contributed by atoms with van der Waals surface area (Å²) in [7, 11) is 0. The molecule has 7 heteroatoms. The van der Waals surface area contributed by atoms with Gasteiger partial charge < -0.3 is 15.1 Å². The second-order valence-corrected chi connectivity index (χ2v) is 5.98. The second kappa shape index (κ2) is 5.62. The lowest BCUT2D eigenvalue weighted by atomic mass is 9.91. The van der Waals surface area contributed by atoms with E-state index in [2.05, 4.69) is 4.98 Å². The highest BCUT2D eigenvalue weighted by Crippen LogP contribution is 2.31. The number of fused-ring (bicyclic) bond motifs is 2. The van der Waals surface area contributed by atoms with Gasteiger partial charge >= 0.3 is 5.76 Å². The largest absolute Gasteiger partial charge is 0.417 e. The first-order valence-electron chi connectivity index (χ1n) is 7.85. The summed E-state index contributed by atoms with van der Waals surface area (Å²) in [6, 6.07) is 11.4. The number of benzene rings is 2. The van der Waals surface area contributed by atoms with Crippen molar-refractivity contribution in [3.05, 3.63) is 69.7 Å². The number of amides is 2. The van der Waals surface area contributed by atoms with Gasteiger partial charge in [0, 0.05) is 12.1 Å². The number of nitrogens with two attached hydrogens (primary N) is 1. The molecule has 0 radical (unpaired) electrons. The Morgan fingerprint density at radius 3 is 2.80 bits per heavy atom. The Labute approximate surface area is 142 Å². The van der Waals surface area contributed by atoms with Crippen LogP contribution < -0.4 is 11.5 Å². The summed E-state index contributed by atoms with van der Waals surface area (Å²) < 4.78 is 5.00. The molecule has 0 fully saturated rings. The van der Waals surface area contributed by atoms with E-state index in [1.54, 1.807) is 12.1 Å². The van der Waals surface area contributed by atoms with Crippen LogP contribution in [-0.2, 0) is 11.2 Å². The van der Waals surface area contributed by atoms with Crippen LogP contribution in [0.4, 0.5) is 0 Å². The second-order valence-electron chi connectivity index (χ2n) is 5.98. The Kier molecular flexibility index (Phi) is 3.42. The molecule has 7 nitrogen and oxygen atoms in total. The summed E-state index contributed by atoms with van der Waals surface area (Å²) in [5.41, 5.74) is 8.49. The molecule has 0 saturated heterocycles. The van der Waals surface area contributed by atoms with E-state index in [-0.39, 0.29) is 5.91 Å². The van der Waals surface area contributed by atoms with Gasteiger partial charge in [0.1, 0.15) is 6.04 Å². The Bertz CT molecular complexity index is 1050. The molecule has 3 N–H and O–H groups in total. The average Bonchev–Trinajstić information content (AvgIpc) is 2.99. The van der Waals surface area contributed by atoms with Gasteiger partial charge in [-0.25, -0.2) is 4.79 Å². The quantitative estimate of drug-likeness (QED) is 0.735. The minimum absolute atomic E-state index is 0.295. The van der Waals surface area contributed by atoms with Gasteiger partial charge in [0.2, 0.25) is 5.91 Å². The zero-order valence-corrected chi connectivity index (χ0v) is 13.2. The van der Waals surface area contributed by atoms with Crippen LogP contribution in [0.2, 0.25) is 0 Å². The van der Waals surface area contributed by atoms with Crippen molar-refractivity contribution in [3.8, 4) is 0 Å². The number of rotatable bonds is 2. The van der Waals surface area contributed by atoms with Crippen molar-refractivity contribution in [3.63, 3.8) is 0 Å². The molecule has 0 bridgehead atoms. The molecule has 126 valence electrons. The first kappa shape index (κ1) is 15.2. The topological polar surface area (TPSA) is 109 Å². The highest BCUT2D eigenvalue weighted by atomic mass is 16.4. The number of hydrogen-bond donors (Lipinski definition) is 2. The molecule has 2 amide bonds. The van der Waals surface area contributed by atoms with Crippen molar-refractivity contribution in [1.29, 1.82) is 0 Å². The number of nitrogens with zero attached hydrogens (tertiary/aromatic N) is 1. The lowest BCUT2D eigenvalue weighted by molar-refractivity contribution is -0.123. The smallest absolute Gasteiger partial charge is 0.408 e. The molecule has 2 aromatic carbocycles. The highest BCUT2D eigenvalue weighted by molar-refractivity contribution is 6.00. The molecule has 2 heterocycles. The fourth-order valence-electron chi connectivity index (χ4n) is 3.34. The molecule has 3 aromatic rings. The van der Waals surface area contributed by atoms with Gasteiger partial charge in [0.05, 0.1) is 5.52 Å². The van der Waals surface area contributed by atoms with Gasteiger partial charge in [-0.3, -0.25) is 14.6 Å². The molecule has 1 aliphatic rings. The van der Waals surface area contributed by atoms with E-state index in [0.717, 1.165) is 11.1 Å². The number of carbonyl (C=O) groups is 2. The van der Waals surface area contributed by atoms with Gasteiger partial charge in [0.15, 0.2) is 5.58 Å². The van der Waals surface area contributed by atoms with Crippen LogP contribution in [0.3, 0.4) is 0 Å². The van der Waals surface area contributed by atoms with E-state index in [4.69, 9.17) is 10.2 Å². The molecule has 0 aliphatic carbocycles. The Morgan fingerprint density at radius 1 is 1.20 bits per heavy atom. The molecule has 1 unspecified atom stereocenters. The minimum Gasteiger partial charge on any atom is -0.408 e. The first-order chi connectivity index (χ1) is 12.0. The Morgan fingerprint density at radius 2 is 2.00 bits per heavy atom. The number of carbonyl (C=O) groups excluding carboxylic acids is 2. The third-order valence-corrected chi connectivity index (χ3v) is 4.48. The van der Waals surface area contributed by atoms with E-state index in [9.17, 15) is 14.4 Å². The standard InChI is InChI=1S/C18H15N3O4/c19-16(22)15-12-4-2-1-3-10(12)7-8-21(15)17(23)11-5-6-13-14(9-11)25-18(24)20-13/h1-6,9,15H,7-8H2,(H2,19,22)(H,20,24). The highest BCUT2D eigenvalue weighted by Gasteiger charge is 2.35. The van der Waals surface area contributed by atoms with Crippen LogP contribution in [0, 0.1) is 0 Å². The SMILES string of the molecule is NC(=O)C1c2ccccc2CCN1C(=O)c1ccc2[nH]c(=O)oc2c1. The van der Waals surface area contributed by atoms with Crippen molar-refractivity contribution in [2.45, 2.75) is 12.5 Å². The molecule has 0 spiro atoms. The van der Waals surface area contributed by atoms with Gasteiger partial charge in [-0.15, -0.1) is 0 Å². The number of hydrogen-bond acceptors (Lipinski definition) is 4. The fraction of sp³-hybridized carbons (Fsp3) is 0.167. The number of nitrogens with one attached hydrogen (secondary N) is 1. The summed E-state index contributed by atoms with van der Waals surface area (Å²) in [6.45, 7) is 0.387.